The second-order valence-electron chi connectivity index (χ2n) is 10.6. The Morgan fingerprint density at radius 2 is 1.54 bits per heavy atom. The largest absolute Gasteiger partial charge is 0.507 e. The van der Waals surface area contributed by atoms with Crippen molar-refractivity contribution in [3.05, 3.63) is 82.9 Å². The monoisotopic (exact) mass is 559 g/mol. The zero-order chi connectivity index (χ0) is 29.9. The Hall–Kier alpha value is -4.46. The van der Waals surface area contributed by atoms with Crippen LogP contribution in [0.1, 0.15) is 57.4 Å². The maximum Gasteiger partial charge on any atom is 0.300 e. The highest BCUT2D eigenvalue weighted by Gasteiger charge is 2.47. The number of methoxy groups -OCH3 is 2. The van der Waals surface area contributed by atoms with E-state index < -0.39 is 17.7 Å². The molecule has 8 nitrogen and oxygen atoms in total. The number of aliphatic hydroxyl groups is 1. The summed E-state index contributed by atoms with van der Waals surface area (Å²) in [5, 5.41) is 11.7. The predicted octanol–water partition coefficient (Wildman–Crippen LogP) is 6.43. The van der Waals surface area contributed by atoms with Crippen LogP contribution < -0.4 is 23.8 Å². The second kappa shape index (κ2) is 12.0. The fourth-order valence-electron chi connectivity index (χ4n) is 5.01. The number of Topliss-reactive ketones (excluding diaryl/α,β-unsaturated/α-hetero) is 1. The number of benzene rings is 3. The van der Waals surface area contributed by atoms with Crippen LogP contribution in [0.5, 0.6) is 23.0 Å². The fourth-order valence-corrected chi connectivity index (χ4v) is 5.01. The van der Waals surface area contributed by atoms with Gasteiger partial charge in [-0.25, -0.2) is 0 Å². The van der Waals surface area contributed by atoms with E-state index in [4.69, 9.17) is 18.9 Å². The summed E-state index contributed by atoms with van der Waals surface area (Å²) in [7, 11) is 3.07. The quantitative estimate of drug-likeness (QED) is 0.184. The highest BCUT2D eigenvalue weighted by molar-refractivity contribution is 6.51. The van der Waals surface area contributed by atoms with Gasteiger partial charge in [0, 0.05) is 22.9 Å². The molecule has 3 aromatic rings. The molecule has 3 aromatic carbocycles. The topological polar surface area (TPSA) is 94.5 Å². The number of rotatable bonds is 9. The first-order chi connectivity index (χ1) is 19.5. The van der Waals surface area contributed by atoms with Crippen LogP contribution in [0.2, 0.25) is 0 Å². The zero-order valence-electron chi connectivity index (χ0n) is 24.6. The van der Waals surface area contributed by atoms with Crippen molar-refractivity contribution in [2.45, 2.75) is 46.1 Å². The number of hydrogen-bond acceptors (Lipinski definition) is 7. The Labute approximate surface area is 241 Å². The molecule has 1 aliphatic heterocycles. The van der Waals surface area contributed by atoms with Crippen LogP contribution in [0, 0.1) is 0 Å². The molecular formula is C33H37NO7. The molecule has 1 unspecified atom stereocenters. The molecule has 0 bridgehead atoms. The summed E-state index contributed by atoms with van der Waals surface area (Å²) in [5.74, 6) is 0.350. The summed E-state index contributed by atoms with van der Waals surface area (Å²) in [5.41, 5.74) is 1.95. The Balaban J connectivity index is 1.99. The van der Waals surface area contributed by atoms with Crippen molar-refractivity contribution in [1.82, 2.24) is 0 Å². The van der Waals surface area contributed by atoms with E-state index in [0.717, 1.165) is 5.56 Å². The van der Waals surface area contributed by atoms with Gasteiger partial charge in [-0.2, -0.15) is 0 Å². The van der Waals surface area contributed by atoms with Crippen LogP contribution in [-0.2, 0) is 15.0 Å². The number of hydrogen-bond donors (Lipinski definition) is 1. The van der Waals surface area contributed by atoms with Crippen LogP contribution in [0.25, 0.3) is 5.76 Å². The van der Waals surface area contributed by atoms with Gasteiger partial charge in [-0.1, -0.05) is 32.9 Å². The first kappa shape index (κ1) is 29.5. The van der Waals surface area contributed by atoms with Crippen molar-refractivity contribution in [3.8, 4) is 23.0 Å². The van der Waals surface area contributed by atoms with Gasteiger partial charge in [0.1, 0.15) is 17.3 Å². The zero-order valence-corrected chi connectivity index (χ0v) is 24.6. The summed E-state index contributed by atoms with van der Waals surface area (Å²) in [6.45, 7) is 10.8. The van der Waals surface area contributed by atoms with E-state index in [9.17, 15) is 14.7 Å². The number of amides is 1. The van der Waals surface area contributed by atoms with E-state index in [-0.39, 0.29) is 16.7 Å². The fraction of sp³-hybridized carbons (Fsp3) is 0.333. The van der Waals surface area contributed by atoms with E-state index in [2.05, 4.69) is 0 Å². The number of nitrogens with zero attached hydrogens (tertiary/aromatic N) is 1. The van der Waals surface area contributed by atoms with Crippen LogP contribution in [0.3, 0.4) is 0 Å². The van der Waals surface area contributed by atoms with Gasteiger partial charge in [-0.3, -0.25) is 14.5 Å². The minimum absolute atomic E-state index is 0.0329. The number of carbonyl (C=O) groups excluding carboxylic acids is 2. The Bertz CT molecular complexity index is 1490. The van der Waals surface area contributed by atoms with Gasteiger partial charge in [0.2, 0.25) is 0 Å². The lowest BCUT2D eigenvalue weighted by Gasteiger charge is -2.27. The van der Waals surface area contributed by atoms with Crippen molar-refractivity contribution in [2.75, 3.05) is 32.3 Å². The van der Waals surface area contributed by atoms with Crippen molar-refractivity contribution < 1.29 is 33.6 Å². The molecule has 1 atom stereocenters. The van der Waals surface area contributed by atoms with Crippen LogP contribution in [-0.4, -0.2) is 44.2 Å². The van der Waals surface area contributed by atoms with Crippen LogP contribution in [0.4, 0.5) is 5.69 Å². The summed E-state index contributed by atoms with van der Waals surface area (Å²) in [6, 6.07) is 16.5. The SMILES string of the molecule is CCOc1cc(C2/C(=C(\O)c3ccc(OCC)c(C(C)(C)C)c3)C(=O)C(=O)N2c2cccc(OC)c2)ccc1OC. The van der Waals surface area contributed by atoms with E-state index in [1.165, 1.54) is 12.0 Å². The number of ketones is 1. The van der Waals surface area contributed by atoms with Gasteiger partial charge < -0.3 is 24.1 Å². The van der Waals surface area contributed by atoms with Gasteiger partial charge in [0.15, 0.2) is 11.5 Å². The van der Waals surface area contributed by atoms with Gasteiger partial charge in [0.05, 0.1) is 39.0 Å². The summed E-state index contributed by atoms with van der Waals surface area (Å²) in [4.78, 5) is 28.7. The molecule has 4 rings (SSSR count). The molecule has 1 saturated heterocycles. The number of aliphatic hydroxyl groups excluding tert-OH is 1. The highest BCUT2D eigenvalue weighted by Crippen LogP contribution is 2.45. The molecule has 41 heavy (non-hydrogen) atoms. The highest BCUT2D eigenvalue weighted by atomic mass is 16.5. The van der Waals surface area contributed by atoms with Gasteiger partial charge in [-0.15, -0.1) is 0 Å². The third-order valence-corrected chi connectivity index (χ3v) is 6.94. The molecule has 0 radical (unpaired) electrons. The van der Waals surface area contributed by atoms with E-state index in [0.29, 0.717) is 53.0 Å². The molecule has 1 fully saturated rings. The van der Waals surface area contributed by atoms with Crippen molar-refractivity contribution in [1.29, 1.82) is 0 Å². The lowest BCUT2D eigenvalue weighted by atomic mass is 9.84. The number of anilines is 1. The first-order valence-corrected chi connectivity index (χ1v) is 13.6. The molecule has 8 heteroatoms. The minimum Gasteiger partial charge on any atom is -0.507 e. The predicted molar refractivity (Wildman–Crippen MR) is 158 cm³/mol. The van der Waals surface area contributed by atoms with E-state index in [1.807, 2.05) is 40.7 Å². The third kappa shape index (κ3) is 5.73. The normalized spacial score (nSPS) is 16.6. The van der Waals surface area contributed by atoms with E-state index in [1.54, 1.807) is 61.7 Å². The Morgan fingerprint density at radius 1 is 0.854 bits per heavy atom. The average Bonchev–Trinajstić information content (AvgIpc) is 3.22. The lowest BCUT2D eigenvalue weighted by molar-refractivity contribution is -0.132. The molecule has 0 spiro atoms. The second-order valence-corrected chi connectivity index (χ2v) is 10.6. The van der Waals surface area contributed by atoms with Crippen molar-refractivity contribution in [2.24, 2.45) is 0 Å². The molecule has 1 amide bonds. The van der Waals surface area contributed by atoms with Gasteiger partial charge in [-0.05, 0) is 67.3 Å². The number of carbonyl (C=O) groups is 2. The maximum absolute atomic E-state index is 13.7. The molecule has 0 aromatic heterocycles. The number of ether oxygens (including phenoxy) is 4. The van der Waals surface area contributed by atoms with Crippen LogP contribution in [0.15, 0.2) is 66.2 Å². The molecular weight excluding hydrogens is 522 g/mol. The lowest BCUT2D eigenvalue weighted by Crippen LogP contribution is -2.29. The smallest absolute Gasteiger partial charge is 0.300 e. The minimum atomic E-state index is -0.947. The summed E-state index contributed by atoms with van der Waals surface area (Å²) >= 11 is 0. The van der Waals surface area contributed by atoms with Gasteiger partial charge in [0.25, 0.3) is 11.7 Å². The molecule has 1 heterocycles. The first-order valence-electron chi connectivity index (χ1n) is 13.6. The molecule has 216 valence electrons. The van der Waals surface area contributed by atoms with Crippen LogP contribution >= 0.6 is 0 Å². The standard InChI is InChI=1S/C33H37NO7/c1-8-40-25-15-14-21(17-24(25)33(3,4)5)30(35)28-29(20-13-16-26(39-7)27(18-20)41-9-2)34(32(37)31(28)36)22-11-10-12-23(19-22)38-6/h10-19,29,35H,8-9H2,1-7H3/b30-28+. The van der Waals surface area contributed by atoms with Crippen molar-refractivity contribution >= 4 is 23.1 Å². The average molecular weight is 560 g/mol. The maximum atomic E-state index is 13.7. The molecule has 1 aliphatic rings. The molecule has 1 N–H and O–H groups in total. The van der Waals surface area contributed by atoms with E-state index >= 15 is 0 Å². The summed E-state index contributed by atoms with van der Waals surface area (Å²) in [6.07, 6.45) is 0. The molecule has 0 saturated carbocycles. The molecule has 0 aliphatic carbocycles. The van der Waals surface area contributed by atoms with Crippen molar-refractivity contribution in [3.63, 3.8) is 0 Å². The summed E-state index contributed by atoms with van der Waals surface area (Å²) < 4.78 is 22.5. The van der Waals surface area contributed by atoms with Gasteiger partial charge >= 0.3 is 0 Å². The Morgan fingerprint density at radius 3 is 2.17 bits per heavy atom. The third-order valence-electron chi connectivity index (χ3n) is 6.94. The Kier molecular flexibility index (Phi) is 8.61.